The molecule has 1 saturated heterocycles. The molecule has 90 valence electrons. The molecule has 1 unspecified atom stereocenters. The van der Waals surface area contributed by atoms with E-state index in [0.29, 0.717) is 18.7 Å². The number of carbonyl (C=O) groups excluding carboxylic acids is 1. The first-order chi connectivity index (χ1) is 7.99. The third-order valence-electron chi connectivity index (χ3n) is 2.70. The van der Waals surface area contributed by atoms with Gasteiger partial charge in [-0.3, -0.25) is 14.9 Å². The molecular weight excluding hydrogens is 288 g/mol. The highest BCUT2D eigenvalue weighted by molar-refractivity contribution is 9.09. The van der Waals surface area contributed by atoms with Crippen molar-refractivity contribution in [3.8, 4) is 0 Å². The van der Waals surface area contributed by atoms with E-state index in [1.807, 2.05) is 0 Å². The number of benzene rings is 1. The Morgan fingerprint density at radius 3 is 2.76 bits per heavy atom. The number of carbonyl (C=O) groups is 1. The zero-order valence-electron chi connectivity index (χ0n) is 9.22. The van der Waals surface area contributed by atoms with E-state index in [1.165, 1.54) is 11.0 Å². The topological polar surface area (TPSA) is 63.5 Å². The summed E-state index contributed by atoms with van der Waals surface area (Å²) in [5.41, 5.74) is 1.18. The lowest BCUT2D eigenvalue weighted by Gasteiger charge is -2.16. The summed E-state index contributed by atoms with van der Waals surface area (Å²) in [6.45, 7) is 2.26. The second-order valence-corrected chi connectivity index (χ2v) is 5.35. The number of anilines is 1. The minimum Gasteiger partial charge on any atom is -0.305 e. The van der Waals surface area contributed by atoms with E-state index in [0.717, 1.165) is 5.56 Å². The van der Waals surface area contributed by atoms with Crippen molar-refractivity contribution in [3.63, 3.8) is 0 Å². The predicted molar refractivity (Wildman–Crippen MR) is 67.5 cm³/mol. The lowest BCUT2D eigenvalue weighted by molar-refractivity contribution is -0.384. The first kappa shape index (κ1) is 12.0. The molecule has 1 aliphatic rings. The van der Waals surface area contributed by atoms with Gasteiger partial charge in [0.25, 0.3) is 5.69 Å². The maximum atomic E-state index is 11.7. The van der Waals surface area contributed by atoms with E-state index in [-0.39, 0.29) is 16.4 Å². The Morgan fingerprint density at radius 2 is 2.24 bits per heavy atom. The van der Waals surface area contributed by atoms with Gasteiger partial charge in [-0.2, -0.15) is 0 Å². The fourth-order valence-electron chi connectivity index (χ4n) is 1.90. The van der Waals surface area contributed by atoms with Crippen LogP contribution in [0.2, 0.25) is 0 Å². The van der Waals surface area contributed by atoms with E-state index in [9.17, 15) is 14.9 Å². The van der Waals surface area contributed by atoms with Crippen molar-refractivity contribution < 1.29 is 9.72 Å². The molecule has 2 rings (SSSR count). The zero-order valence-corrected chi connectivity index (χ0v) is 10.8. The van der Waals surface area contributed by atoms with Crippen LogP contribution < -0.4 is 4.90 Å². The number of halogens is 1. The molecule has 0 N–H and O–H groups in total. The average Bonchev–Trinajstić information content (AvgIpc) is 2.57. The van der Waals surface area contributed by atoms with E-state index in [1.54, 1.807) is 19.1 Å². The summed E-state index contributed by atoms with van der Waals surface area (Å²) in [6.07, 6.45) is 0.380. The fraction of sp³-hybridized carbons (Fsp3) is 0.364. The van der Waals surface area contributed by atoms with Gasteiger partial charge in [-0.15, -0.1) is 0 Å². The maximum Gasteiger partial charge on any atom is 0.293 e. The minimum atomic E-state index is -0.447. The summed E-state index contributed by atoms with van der Waals surface area (Å²) >= 11 is 3.36. The molecule has 0 saturated carbocycles. The number of hydrogen-bond donors (Lipinski definition) is 0. The summed E-state index contributed by atoms with van der Waals surface area (Å²) in [5.74, 6) is -0.0844. The van der Waals surface area contributed by atoms with Crippen LogP contribution in [0.15, 0.2) is 18.2 Å². The third-order valence-corrected chi connectivity index (χ3v) is 3.31. The highest BCUT2D eigenvalue weighted by atomic mass is 79.9. The van der Waals surface area contributed by atoms with Gasteiger partial charge in [0.15, 0.2) is 0 Å². The van der Waals surface area contributed by atoms with Crippen molar-refractivity contribution in [3.05, 3.63) is 33.9 Å². The third kappa shape index (κ3) is 2.31. The van der Waals surface area contributed by atoms with Gasteiger partial charge in [0.05, 0.1) is 4.92 Å². The van der Waals surface area contributed by atoms with Gasteiger partial charge in [0.2, 0.25) is 5.91 Å². The van der Waals surface area contributed by atoms with Gasteiger partial charge in [-0.05, 0) is 18.6 Å². The van der Waals surface area contributed by atoms with Crippen molar-refractivity contribution in [2.75, 3.05) is 11.4 Å². The molecular formula is C11H11BrN2O3. The van der Waals surface area contributed by atoms with E-state index in [4.69, 9.17) is 0 Å². The number of rotatable bonds is 2. The second-order valence-electron chi connectivity index (χ2n) is 4.06. The first-order valence-electron chi connectivity index (χ1n) is 5.18. The Morgan fingerprint density at radius 1 is 1.53 bits per heavy atom. The molecule has 1 aliphatic heterocycles. The second kappa shape index (κ2) is 4.44. The molecule has 0 aliphatic carbocycles. The molecule has 0 aromatic heterocycles. The highest BCUT2D eigenvalue weighted by Gasteiger charge is 2.32. The number of amides is 1. The number of aryl methyl sites for hydroxylation is 1. The Labute approximate surface area is 107 Å². The molecule has 1 amide bonds. The summed E-state index contributed by atoms with van der Waals surface area (Å²) in [4.78, 5) is 23.8. The number of hydrogen-bond acceptors (Lipinski definition) is 3. The molecule has 1 atom stereocenters. The number of alkyl halides is 1. The molecule has 1 aromatic carbocycles. The van der Waals surface area contributed by atoms with Crippen LogP contribution >= 0.6 is 15.9 Å². The van der Waals surface area contributed by atoms with Crippen LogP contribution in [0.5, 0.6) is 0 Å². The number of nitro benzene ring substituents is 1. The fourth-order valence-corrected chi connectivity index (χ4v) is 2.47. The van der Waals surface area contributed by atoms with Crippen LogP contribution in [0.25, 0.3) is 0 Å². The Hall–Kier alpha value is -1.43. The highest BCUT2D eigenvalue weighted by Crippen LogP contribution is 2.33. The van der Waals surface area contributed by atoms with Gasteiger partial charge < -0.3 is 4.90 Å². The standard InChI is InChI=1S/C11H11BrN2O3/c1-7-2-3-9(10(4-7)14(16)17)13-6-8(12)5-11(13)15/h2-4,8H,5-6H2,1H3. The van der Waals surface area contributed by atoms with Gasteiger partial charge >= 0.3 is 0 Å². The molecule has 1 fully saturated rings. The lowest BCUT2D eigenvalue weighted by atomic mass is 10.2. The van der Waals surface area contributed by atoms with Crippen molar-refractivity contribution in [1.29, 1.82) is 0 Å². The van der Waals surface area contributed by atoms with Gasteiger partial charge in [0, 0.05) is 23.9 Å². The first-order valence-corrected chi connectivity index (χ1v) is 6.10. The molecule has 0 bridgehead atoms. The number of nitro groups is 1. The van der Waals surface area contributed by atoms with E-state index >= 15 is 0 Å². The van der Waals surface area contributed by atoms with E-state index < -0.39 is 4.92 Å². The Balaban J connectivity index is 2.45. The number of nitrogens with zero attached hydrogens (tertiary/aromatic N) is 2. The molecule has 5 nitrogen and oxygen atoms in total. The van der Waals surface area contributed by atoms with Crippen LogP contribution in [0.4, 0.5) is 11.4 Å². The normalized spacial score (nSPS) is 19.8. The van der Waals surface area contributed by atoms with Crippen molar-refractivity contribution in [2.24, 2.45) is 0 Å². The van der Waals surface area contributed by atoms with Crippen molar-refractivity contribution >= 4 is 33.2 Å². The van der Waals surface area contributed by atoms with Crippen molar-refractivity contribution in [2.45, 2.75) is 18.2 Å². The molecule has 0 radical (unpaired) electrons. The molecule has 0 spiro atoms. The SMILES string of the molecule is Cc1ccc(N2CC(Br)CC2=O)c([N+](=O)[O-])c1. The minimum absolute atomic E-state index is 0.0139. The van der Waals surface area contributed by atoms with Crippen LogP contribution in [0.3, 0.4) is 0 Å². The maximum absolute atomic E-state index is 11.7. The Bertz CT molecular complexity index is 490. The van der Waals surface area contributed by atoms with Gasteiger partial charge in [-0.1, -0.05) is 22.0 Å². The van der Waals surface area contributed by atoms with Gasteiger partial charge in [-0.25, -0.2) is 0 Å². The molecule has 6 heteroatoms. The van der Waals surface area contributed by atoms with Crippen LogP contribution in [-0.4, -0.2) is 22.2 Å². The Kier molecular flexibility index (Phi) is 3.15. The summed E-state index contributed by atoms with van der Waals surface area (Å²) in [7, 11) is 0. The summed E-state index contributed by atoms with van der Waals surface area (Å²) in [6, 6.07) is 4.90. The monoisotopic (exact) mass is 298 g/mol. The molecule has 1 aromatic rings. The molecule has 1 heterocycles. The summed E-state index contributed by atoms with van der Waals surface area (Å²) < 4.78 is 0. The van der Waals surface area contributed by atoms with Gasteiger partial charge in [0.1, 0.15) is 5.69 Å². The molecule has 17 heavy (non-hydrogen) atoms. The predicted octanol–water partition coefficient (Wildman–Crippen LogP) is 2.40. The summed E-state index contributed by atoms with van der Waals surface area (Å²) in [5, 5.41) is 11.0. The van der Waals surface area contributed by atoms with E-state index in [2.05, 4.69) is 15.9 Å². The average molecular weight is 299 g/mol. The largest absolute Gasteiger partial charge is 0.305 e. The zero-order chi connectivity index (χ0) is 12.6. The smallest absolute Gasteiger partial charge is 0.293 e. The van der Waals surface area contributed by atoms with Crippen LogP contribution in [-0.2, 0) is 4.79 Å². The lowest BCUT2D eigenvalue weighted by Crippen LogP contribution is -2.25. The van der Waals surface area contributed by atoms with Crippen LogP contribution in [0, 0.1) is 17.0 Å². The van der Waals surface area contributed by atoms with Crippen LogP contribution in [0.1, 0.15) is 12.0 Å². The van der Waals surface area contributed by atoms with Crippen molar-refractivity contribution in [1.82, 2.24) is 0 Å². The quantitative estimate of drug-likeness (QED) is 0.478.